The molecule has 98 valence electrons. The topological polar surface area (TPSA) is 42.4 Å². The molecule has 1 aromatic carbocycles. The Labute approximate surface area is 115 Å². The minimum atomic E-state index is 0.0187. The predicted octanol–water partition coefficient (Wildman–Crippen LogP) is 2.81. The predicted molar refractivity (Wildman–Crippen MR) is 75.0 cm³/mol. The van der Waals surface area contributed by atoms with Crippen LogP contribution in [0.5, 0.6) is 5.75 Å². The number of pyridine rings is 1. The van der Waals surface area contributed by atoms with Gasteiger partial charge in [-0.2, -0.15) is 0 Å². The van der Waals surface area contributed by atoms with Gasteiger partial charge in [-0.3, -0.25) is 9.69 Å². The van der Waals surface area contributed by atoms with Crippen LogP contribution >= 0.6 is 11.6 Å². The monoisotopic (exact) mass is 276 g/mol. The van der Waals surface area contributed by atoms with Gasteiger partial charge in [-0.25, -0.2) is 4.98 Å². The molecule has 0 fully saturated rings. The van der Waals surface area contributed by atoms with E-state index >= 15 is 0 Å². The van der Waals surface area contributed by atoms with Crippen LogP contribution in [-0.4, -0.2) is 24.5 Å². The molecule has 4 nitrogen and oxygen atoms in total. The largest absolute Gasteiger partial charge is 0.495 e. The first-order valence-corrected chi connectivity index (χ1v) is 6.43. The van der Waals surface area contributed by atoms with Crippen molar-refractivity contribution in [2.75, 3.05) is 18.6 Å². The van der Waals surface area contributed by atoms with Gasteiger partial charge in [0.25, 0.3) is 0 Å². The van der Waals surface area contributed by atoms with Crippen molar-refractivity contribution in [2.24, 2.45) is 0 Å². The fourth-order valence-corrected chi connectivity index (χ4v) is 2.66. The number of amides is 1. The van der Waals surface area contributed by atoms with Crippen LogP contribution in [0, 0.1) is 0 Å². The second kappa shape index (κ2) is 4.38. The maximum atomic E-state index is 11.6. The Kier molecular flexibility index (Phi) is 2.82. The SMILES string of the molecule is COc1cc2cc3c(nc2cc1Cl)N(C(C)=O)CC3. The number of nitrogens with zero attached hydrogens (tertiary/aromatic N) is 2. The van der Waals surface area contributed by atoms with E-state index in [0.717, 1.165) is 28.7 Å². The molecule has 2 heterocycles. The van der Waals surface area contributed by atoms with Gasteiger partial charge in [0, 0.05) is 18.9 Å². The summed E-state index contributed by atoms with van der Waals surface area (Å²) in [5.41, 5.74) is 1.87. The van der Waals surface area contributed by atoms with Crippen molar-refractivity contribution in [3.8, 4) is 5.75 Å². The zero-order chi connectivity index (χ0) is 13.6. The molecular weight excluding hydrogens is 264 g/mol. The number of carbonyl (C=O) groups is 1. The maximum Gasteiger partial charge on any atom is 0.225 e. The third-order valence-electron chi connectivity index (χ3n) is 3.38. The fourth-order valence-electron chi connectivity index (χ4n) is 2.43. The van der Waals surface area contributed by atoms with Crippen LogP contribution in [0.2, 0.25) is 5.02 Å². The Morgan fingerprint density at radius 2 is 2.21 bits per heavy atom. The number of fused-ring (bicyclic) bond motifs is 2. The Morgan fingerprint density at radius 3 is 2.89 bits per heavy atom. The highest BCUT2D eigenvalue weighted by Gasteiger charge is 2.24. The van der Waals surface area contributed by atoms with Crippen LogP contribution < -0.4 is 9.64 Å². The highest BCUT2D eigenvalue weighted by Crippen LogP contribution is 2.34. The molecule has 0 radical (unpaired) electrons. The standard InChI is InChI=1S/C14H13ClN2O2/c1-8(18)17-4-3-9-5-10-6-13(19-2)11(15)7-12(10)16-14(9)17/h5-7H,3-4H2,1-2H3. The molecule has 0 unspecified atom stereocenters. The first-order valence-electron chi connectivity index (χ1n) is 6.05. The van der Waals surface area contributed by atoms with Gasteiger partial charge in [0.1, 0.15) is 11.6 Å². The van der Waals surface area contributed by atoms with Gasteiger partial charge < -0.3 is 4.74 Å². The van der Waals surface area contributed by atoms with Gasteiger partial charge in [0.2, 0.25) is 5.91 Å². The van der Waals surface area contributed by atoms with Crippen LogP contribution in [0.25, 0.3) is 10.9 Å². The lowest BCUT2D eigenvalue weighted by atomic mass is 10.1. The fraction of sp³-hybridized carbons (Fsp3) is 0.286. The first-order chi connectivity index (χ1) is 9.10. The number of benzene rings is 1. The summed E-state index contributed by atoms with van der Waals surface area (Å²) >= 11 is 6.11. The molecule has 0 atom stereocenters. The summed E-state index contributed by atoms with van der Waals surface area (Å²) in [5, 5.41) is 1.50. The number of anilines is 1. The number of aromatic nitrogens is 1. The molecule has 0 saturated heterocycles. The van der Waals surface area contributed by atoms with Crippen LogP contribution in [0.4, 0.5) is 5.82 Å². The van der Waals surface area contributed by atoms with Crippen molar-refractivity contribution in [3.05, 3.63) is 28.8 Å². The van der Waals surface area contributed by atoms with Crippen molar-refractivity contribution >= 4 is 34.2 Å². The van der Waals surface area contributed by atoms with Gasteiger partial charge in [0.15, 0.2) is 0 Å². The van der Waals surface area contributed by atoms with Gasteiger partial charge in [-0.1, -0.05) is 11.6 Å². The molecule has 0 N–H and O–H groups in total. The molecule has 1 aliphatic heterocycles. The Bertz CT molecular complexity index is 685. The summed E-state index contributed by atoms with van der Waals surface area (Å²) < 4.78 is 5.21. The van der Waals surface area contributed by atoms with Crippen LogP contribution in [-0.2, 0) is 11.2 Å². The third-order valence-corrected chi connectivity index (χ3v) is 3.68. The normalized spacial score (nSPS) is 13.7. The van der Waals surface area contributed by atoms with Gasteiger partial charge in [-0.15, -0.1) is 0 Å². The average Bonchev–Trinajstić information content (AvgIpc) is 2.78. The zero-order valence-corrected chi connectivity index (χ0v) is 11.5. The van der Waals surface area contributed by atoms with Crippen LogP contribution in [0.15, 0.2) is 18.2 Å². The molecule has 0 bridgehead atoms. The lowest BCUT2D eigenvalue weighted by Gasteiger charge is -2.14. The van der Waals surface area contributed by atoms with E-state index in [1.54, 1.807) is 25.0 Å². The molecule has 0 spiro atoms. The molecule has 1 aliphatic rings. The van der Waals surface area contributed by atoms with Crippen molar-refractivity contribution in [1.29, 1.82) is 0 Å². The molecule has 2 aromatic rings. The highest BCUT2D eigenvalue weighted by molar-refractivity contribution is 6.32. The van der Waals surface area contributed by atoms with Gasteiger partial charge in [0.05, 0.1) is 17.6 Å². The Hall–Kier alpha value is -1.81. The zero-order valence-electron chi connectivity index (χ0n) is 10.7. The summed E-state index contributed by atoms with van der Waals surface area (Å²) in [4.78, 5) is 17.8. The van der Waals surface area contributed by atoms with E-state index in [4.69, 9.17) is 16.3 Å². The molecule has 3 rings (SSSR count). The molecule has 0 aliphatic carbocycles. The summed E-state index contributed by atoms with van der Waals surface area (Å²) in [7, 11) is 1.59. The lowest BCUT2D eigenvalue weighted by Crippen LogP contribution is -2.26. The Balaban J connectivity index is 2.21. The maximum absolute atomic E-state index is 11.6. The minimum Gasteiger partial charge on any atom is -0.495 e. The number of halogens is 1. The second-order valence-electron chi connectivity index (χ2n) is 4.57. The second-order valence-corrected chi connectivity index (χ2v) is 4.98. The van der Waals surface area contributed by atoms with Crippen molar-refractivity contribution < 1.29 is 9.53 Å². The molecule has 5 heteroatoms. The van der Waals surface area contributed by atoms with E-state index < -0.39 is 0 Å². The third kappa shape index (κ3) is 1.92. The minimum absolute atomic E-state index is 0.0187. The van der Waals surface area contributed by atoms with Crippen LogP contribution in [0.1, 0.15) is 12.5 Å². The van der Waals surface area contributed by atoms with E-state index in [2.05, 4.69) is 11.1 Å². The Morgan fingerprint density at radius 1 is 1.42 bits per heavy atom. The number of methoxy groups -OCH3 is 1. The van der Waals surface area contributed by atoms with Crippen molar-refractivity contribution in [1.82, 2.24) is 4.98 Å². The number of hydrogen-bond acceptors (Lipinski definition) is 3. The first kappa shape index (κ1) is 12.2. The number of carbonyl (C=O) groups excluding carboxylic acids is 1. The quantitative estimate of drug-likeness (QED) is 0.804. The smallest absolute Gasteiger partial charge is 0.225 e. The number of rotatable bonds is 1. The molecular formula is C14H13ClN2O2. The summed E-state index contributed by atoms with van der Waals surface area (Å²) in [5.74, 6) is 1.41. The molecule has 19 heavy (non-hydrogen) atoms. The van der Waals surface area contributed by atoms with E-state index in [1.807, 2.05) is 6.07 Å². The van der Waals surface area contributed by atoms with Crippen molar-refractivity contribution in [3.63, 3.8) is 0 Å². The van der Waals surface area contributed by atoms with E-state index in [0.29, 0.717) is 17.3 Å². The summed E-state index contributed by atoms with van der Waals surface area (Å²) in [6.07, 6.45) is 0.836. The van der Waals surface area contributed by atoms with E-state index in [1.165, 1.54) is 0 Å². The van der Waals surface area contributed by atoms with Crippen molar-refractivity contribution in [2.45, 2.75) is 13.3 Å². The molecule has 1 aromatic heterocycles. The molecule has 1 amide bonds. The molecule has 0 saturated carbocycles. The van der Waals surface area contributed by atoms with Gasteiger partial charge >= 0.3 is 0 Å². The summed E-state index contributed by atoms with van der Waals surface area (Å²) in [6.45, 7) is 2.25. The van der Waals surface area contributed by atoms with E-state index in [9.17, 15) is 4.79 Å². The summed E-state index contributed by atoms with van der Waals surface area (Å²) in [6, 6.07) is 5.70. The van der Waals surface area contributed by atoms with Gasteiger partial charge in [-0.05, 0) is 30.2 Å². The average molecular weight is 277 g/mol. The van der Waals surface area contributed by atoms with E-state index in [-0.39, 0.29) is 5.91 Å². The van der Waals surface area contributed by atoms with Crippen LogP contribution in [0.3, 0.4) is 0 Å². The number of hydrogen-bond donors (Lipinski definition) is 0. The lowest BCUT2D eigenvalue weighted by molar-refractivity contribution is -0.116. The number of ether oxygens (including phenoxy) is 1. The highest BCUT2D eigenvalue weighted by atomic mass is 35.5.